The van der Waals surface area contributed by atoms with Crippen LogP contribution in [-0.2, 0) is 34.6 Å². The summed E-state index contributed by atoms with van der Waals surface area (Å²) in [5.41, 5.74) is 28.2. The van der Waals surface area contributed by atoms with E-state index in [9.17, 15) is 0 Å². The van der Waals surface area contributed by atoms with Gasteiger partial charge in [-0.1, -0.05) is 0 Å². The van der Waals surface area contributed by atoms with E-state index in [0.717, 1.165) is 6.42 Å². The Morgan fingerprint density at radius 3 is 0.907 bits per heavy atom. The van der Waals surface area contributed by atoms with Crippen molar-refractivity contribution in [3.05, 3.63) is 189 Å². The van der Waals surface area contributed by atoms with Crippen LogP contribution in [0.1, 0.15) is 212 Å². The Hall–Kier alpha value is -4.35. The molecule has 0 aliphatic heterocycles. The molecule has 4 aromatic carbocycles. The van der Waals surface area contributed by atoms with Gasteiger partial charge in [0.05, 0.1) is 0 Å². The van der Waals surface area contributed by atoms with Crippen molar-refractivity contribution in [1.82, 2.24) is 0 Å². The first-order chi connectivity index (χ1) is 44.7. The molecule has 4 heterocycles. The average molecular weight is 1550 g/mol. The summed E-state index contributed by atoms with van der Waals surface area (Å²) >= 11 is -7.71. The van der Waals surface area contributed by atoms with Gasteiger partial charge in [0.2, 0.25) is 0 Å². The third kappa shape index (κ3) is 21.8. The third-order valence-corrected chi connectivity index (χ3v) is 37.2. The predicted octanol–water partition coefficient (Wildman–Crippen LogP) is 21.2. The minimum absolute atomic E-state index is 0.576. The van der Waals surface area contributed by atoms with Crippen LogP contribution >= 0.6 is 0 Å². The number of aryl methyl sites for hydroxylation is 9. The van der Waals surface area contributed by atoms with Gasteiger partial charge in [0, 0.05) is 0 Å². The standard InChI is InChI=1S/C24H38GeN.C23H36GeN.C22H34GeN.C20H30GeN/c1-10-19(11-2)20-13-12-18(5)21(14-20)24-15-23(25(6,7)8)22(17(3)4)16-26(24)9;1-16(2)12-19-10-11-20(18(5)13-19)23-14-22(24(6,7)8)21(17(3)4)15-25(23)9;1-15(2)18-10-11-19(17(5)12-18)22-13-21(23(6,7)8)20(16(3)4)14-24(22)9;1-14(2)18-13-22(8)20(12-19(18)21(5,6)7)17-10-9-15(3)11-16(17)4/h12-17,19H,10-11H2,1-9H3;10-11,13-17H,12H2,1-9H3;10-16H,1-9H3;9-14H,1-8H3/q4*+1. The zero-order valence-corrected chi connectivity index (χ0v) is 76.9. The molecule has 0 spiro atoms. The molecule has 0 unspecified atom stereocenters. The van der Waals surface area contributed by atoms with Crippen LogP contribution in [-0.4, -0.2) is 53.1 Å². The molecule has 8 rings (SSSR count). The van der Waals surface area contributed by atoms with Crippen LogP contribution in [0.15, 0.2) is 122 Å². The molecule has 0 atom stereocenters. The SMILES string of the molecule is CCC(CC)c1ccc(C)c(-c2c[c]([Ge]([CH3])([CH3])[CH3])c(C(C)C)c[n+]2C)c1.Cc1cc(C(C)C)ccc1-c1c[c]([Ge]([CH3])([CH3])[CH3])c(C(C)C)c[n+]1C.Cc1cc(CC(C)C)ccc1-c1c[c]([Ge]([CH3])([CH3])[CH3])c(C(C)C)c[n+]1C.Cc1ccc(-c2c[c]([Ge]([CH3])([CH3])[CH3])c(C(C)C)c[n+]2C)c(C)c1. The van der Waals surface area contributed by atoms with Gasteiger partial charge in [-0.05, 0) is 0 Å². The quantitative estimate of drug-likeness (QED) is 0.0601. The van der Waals surface area contributed by atoms with Crippen LogP contribution in [0, 0.1) is 40.5 Å². The van der Waals surface area contributed by atoms with Crippen molar-refractivity contribution in [2.75, 3.05) is 0 Å². The fourth-order valence-electron chi connectivity index (χ4n) is 14.2. The maximum absolute atomic E-state index is 2.52. The molecule has 8 heteroatoms. The van der Waals surface area contributed by atoms with Crippen LogP contribution in [0.25, 0.3) is 45.0 Å². The summed E-state index contributed by atoms with van der Waals surface area (Å²) in [6, 6.07) is 37.9. The molecule has 526 valence electrons. The second-order valence-electron chi connectivity index (χ2n) is 35.1. The molecule has 0 radical (unpaired) electrons. The predicted molar refractivity (Wildman–Crippen MR) is 440 cm³/mol. The summed E-state index contributed by atoms with van der Waals surface area (Å²) in [5, 5.41) is 0. The van der Waals surface area contributed by atoms with E-state index >= 15 is 0 Å². The van der Waals surface area contributed by atoms with Crippen LogP contribution in [0.3, 0.4) is 0 Å². The molecule has 0 fully saturated rings. The van der Waals surface area contributed by atoms with Crippen LogP contribution < -0.4 is 35.9 Å². The Kier molecular flexibility index (Phi) is 29.7. The van der Waals surface area contributed by atoms with Crippen LogP contribution in [0.4, 0.5) is 0 Å². The van der Waals surface area contributed by atoms with Gasteiger partial charge in [-0.25, -0.2) is 0 Å². The second kappa shape index (κ2) is 34.5. The Labute approximate surface area is 606 Å². The van der Waals surface area contributed by atoms with Crippen LogP contribution in [0.5, 0.6) is 0 Å². The van der Waals surface area contributed by atoms with Crippen molar-refractivity contribution in [1.29, 1.82) is 0 Å². The first-order valence-electron chi connectivity index (χ1n) is 37.3. The summed E-state index contributed by atoms with van der Waals surface area (Å²) in [4.78, 5) is 0. The van der Waals surface area contributed by atoms with E-state index in [4.69, 9.17) is 0 Å². The molecule has 4 nitrogen and oxygen atoms in total. The number of hydrogen-bond donors (Lipinski definition) is 0. The fourth-order valence-corrected chi connectivity index (χ4v) is 29.2. The normalized spacial score (nSPS) is 12.2. The number of aromatic nitrogens is 4. The van der Waals surface area contributed by atoms with Gasteiger partial charge in [0.15, 0.2) is 0 Å². The fraction of sp³-hybridized carbons (Fsp3) is 0.506. The van der Waals surface area contributed by atoms with Gasteiger partial charge in [-0.2, -0.15) is 0 Å². The van der Waals surface area contributed by atoms with Crippen molar-refractivity contribution in [2.24, 2.45) is 34.1 Å². The minimum atomic E-state index is -1.95. The molecule has 0 amide bonds. The van der Waals surface area contributed by atoms with Gasteiger partial charge in [-0.3, -0.25) is 0 Å². The molecule has 0 aliphatic rings. The first-order valence-corrected chi connectivity index (χ1v) is 66.7. The number of rotatable bonds is 18. The number of hydrogen-bond acceptors (Lipinski definition) is 0. The third-order valence-electron chi connectivity index (χ3n) is 20.0. The van der Waals surface area contributed by atoms with Crippen molar-refractivity contribution in [2.45, 2.75) is 255 Å². The van der Waals surface area contributed by atoms with Crippen LogP contribution in [0.2, 0.25) is 69.1 Å². The van der Waals surface area contributed by atoms with Crippen molar-refractivity contribution < 1.29 is 18.3 Å². The van der Waals surface area contributed by atoms with Gasteiger partial charge in [-0.15, -0.1) is 0 Å². The second-order valence-corrected chi connectivity index (χ2v) is 77.3. The number of benzene rings is 4. The summed E-state index contributed by atoms with van der Waals surface area (Å²) in [7, 11) is 8.78. The van der Waals surface area contributed by atoms with E-state index in [1.165, 1.54) is 125 Å². The molecule has 97 heavy (non-hydrogen) atoms. The number of pyridine rings is 4. The zero-order chi connectivity index (χ0) is 73.5. The topological polar surface area (TPSA) is 15.5 Å². The molecule has 0 aliphatic carbocycles. The van der Waals surface area contributed by atoms with Gasteiger partial charge in [0.25, 0.3) is 0 Å². The van der Waals surface area contributed by atoms with Gasteiger partial charge < -0.3 is 0 Å². The van der Waals surface area contributed by atoms with E-state index in [2.05, 4.69) is 369 Å². The monoisotopic (exact) mass is 1560 g/mol. The first kappa shape index (κ1) is 83.3. The molecule has 4 aromatic heterocycles. The summed E-state index contributed by atoms with van der Waals surface area (Å²) < 4.78 is 15.9. The molecule has 0 bridgehead atoms. The van der Waals surface area contributed by atoms with E-state index < -0.39 is 53.1 Å². The van der Waals surface area contributed by atoms with Crippen molar-refractivity contribution >= 4 is 70.6 Å². The Morgan fingerprint density at radius 1 is 0.309 bits per heavy atom. The molecular formula is C89H138Ge4N4+4. The maximum atomic E-state index is 2.52. The van der Waals surface area contributed by atoms with E-state index in [-0.39, 0.29) is 0 Å². The molecule has 0 N–H and O–H groups in total. The molecule has 8 aromatic rings. The zero-order valence-electron chi connectivity index (χ0n) is 68.5. The van der Waals surface area contributed by atoms with E-state index in [1.54, 1.807) is 17.6 Å². The van der Waals surface area contributed by atoms with E-state index in [0.29, 0.717) is 41.4 Å². The Bertz CT molecular complexity index is 3980. The Morgan fingerprint density at radius 2 is 0.619 bits per heavy atom. The summed E-state index contributed by atoms with van der Waals surface area (Å²) in [6.45, 7) is 43.4. The van der Waals surface area contributed by atoms with Gasteiger partial charge in [0.1, 0.15) is 0 Å². The number of nitrogens with zero attached hydrogens (tertiary/aromatic N) is 4. The molecular weight excluding hydrogens is 1420 g/mol. The Balaban J connectivity index is 0.000000234. The van der Waals surface area contributed by atoms with Crippen molar-refractivity contribution in [3.8, 4) is 45.0 Å². The molecule has 0 saturated carbocycles. The average Bonchev–Trinajstić information content (AvgIpc) is 0.797. The summed E-state index contributed by atoms with van der Waals surface area (Å²) in [5.74, 6) is 34.3. The van der Waals surface area contributed by atoms with Gasteiger partial charge >= 0.3 is 612 Å². The summed E-state index contributed by atoms with van der Waals surface area (Å²) in [6.07, 6.45) is 13.1. The molecule has 0 saturated heterocycles. The van der Waals surface area contributed by atoms with Crippen molar-refractivity contribution in [3.63, 3.8) is 0 Å². The van der Waals surface area contributed by atoms with E-state index in [1.807, 2.05) is 0 Å².